The third-order valence-corrected chi connectivity index (χ3v) is 5.26. The lowest BCUT2D eigenvalue weighted by atomic mass is 10.1. The van der Waals surface area contributed by atoms with E-state index in [2.05, 4.69) is 20.7 Å². The van der Waals surface area contributed by atoms with Gasteiger partial charge in [0.15, 0.2) is 5.82 Å². The maximum Gasteiger partial charge on any atom is 0.252 e. The number of nitrogens with zero attached hydrogens (tertiary/aromatic N) is 3. The molecule has 0 radical (unpaired) electrons. The Hall–Kier alpha value is -3.71. The molecule has 7 nitrogen and oxygen atoms in total. The number of hydrogen-bond acceptors (Lipinski definition) is 4. The molecule has 1 aliphatic rings. The highest BCUT2D eigenvalue weighted by Crippen LogP contribution is 2.29. The number of halogens is 1. The first kappa shape index (κ1) is 18.3. The molecule has 2 amide bonds. The van der Waals surface area contributed by atoms with Gasteiger partial charge in [-0.1, -0.05) is 48.0 Å². The SMILES string of the molecule is O=C(C[C@@H]1C(=O)Nc2nc(-c3ccc(Cl)cc3)nn21)Nc1cccc2ccccc12. The Balaban J connectivity index is 1.37. The molecular formula is C22H16ClN5O2. The molecule has 0 unspecified atom stereocenters. The Bertz CT molecular complexity index is 1280. The molecule has 148 valence electrons. The Morgan fingerprint density at radius 3 is 2.67 bits per heavy atom. The number of aromatic nitrogens is 3. The fourth-order valence-corrected chi connectivity index (χ4v) is 3.67. The van der Waals surface area contributed by atoms with Gasteiger partial charge in [0.2, 0.25) is 11.9 Å². The van der Waals surface area contributed by atoms with Gasteiger partial charge < -0.3 is 5.32 Å². The van der Waals surface area contributed by atoms with Crippen molar-refractivity contribution in [2.24, 2.45) is 0 Å². The molecule has 2 N–H and O–H groups in total. The van der Waals surface area contributed by atoms with Crippen LogP contribution in [-0.2, 0) is 9.59 Å². The smallest absolute Gasteiger partial charge is 0.252 e. The normalized spacial score (nSPS) is 15.1. The summed E-state index contributed by atoms with van der Waals surface area (Å²) in [6.45, 7) is 0. The van der Waals surface area contributed by atoms with Gasteiger partial charge in [0.1, 0.15) is 6.04 Å². The highest BCUT2D eigenvalue weighted by Gasteiger charge is 2.35. The molecule has 0 fully saturated rings. The number of hydrogen-bond donors (Lipinski definition) is 2. The summed E-state index contributed by atoms with van der Waals surface area (Å²) in [5.41, 5.74) is 1.48. The van der Waals surface area contributed by atoms with Crippen molar-refractivity contribution in [1.29, 1.82) is 0 Å². The molecule has 0 aliphatic carbocycles. The third-order valence-electron chi connectivity index (χ3n) is 5.01. The topological polar surface area (TPSA) is 88.9 Å². The molecule has 8 heteroatoms. The minimum atomic E-state index is -0.761. The van der Waals surface area contributed by atoms with Crippen molar-refractivity contribution in [3.63, 3.8) is 0 Å². The van der Waals surface area contributed by atoms with Crippen molar-refractivity contribution in [2.45, 2.75) is 12.5 Å². The van der Waals surface area contributed by atoms with E-state index >= 15 is 0 Å². The average Bonchev–Trinajstić information content (AvgIpc) is 3.27. The van der Waals surface area contributed by atoms with Gasteiger partial charge >= 0.3 is 0 Å². The van der Waals surface area contributed by atoms with Gasteiger partial charge in [-0.15, -0.1) is 5.10 Å². The van der Waals surface area contributed by atoms with Crippen LogP contribution in [0.1, 0.15) is 12.5 Å². The van der Waals surface area contributed by atoms with E-state index in [1.807, 2.05) is 42.5 Å². The highest BCUT2D eigenvalue weighted by molar-refractivity contribution is 6.30. The van der Waals surface area contributed by atoms with Gasteiger partial charge in [0, 0.05) is 21.7 Å². The second kappa shape index (κ2) is 7.27. The van der Waals surface area contributed by atoms with Gasteiger partial charge in [-0.3, -0.25) is 14.9 Å². The Morgan fingerprint density at radius 1 is 1.07 bits per heavy atom. The van der Waals surface area contributed by atoms with E-state index < -0.39 is 6.04 Å². The first-order valence-corrected chi connectivity index (χ1v) is 9.77. The Labute approximate surface area is 176 Å². The average molecular weight is 418 g/mol. The maximum atomic E-state index is 12.7. The molecule has 5 rings (SSSR count). The van der Waals surface area contributed by atoms with Gasteiger partial charge in [-0.05, 0) is 35.7 Å². The van der Waals surface area contributed by atoms with Crippen LogP contribution in [0.3, 0.4) is 0 Å². The number of carbonyl (C=O) groups excluding carboxylic acids is 2. The molecule has 30 heavy (non-hydrogen) atoms. The quantitative estimate of drug-likeness (QED) is 0.518. The van der Waals surface area contributed by atoms with Crippen LogP contribution >= 0.6 is 11.6 Å². The second-order valence-corrected chi connectivity index (χ2v) is 7.43. The predicted octanol–water partition coefficient (Wildman–Crippen LogP) is 4.27. The second-order valence-electron chi connectivity index (χ2n) is 6.99. The van der Waals surface area contributed by atoms with E-state index in [1.165, 1.54) is 4.68 Å². The minimum Gasteiger partial charge on any atom is -0.325 e. The number of carbonyl (C=O) groups is 2. The minimum absolute atomic E-state index is 0.0501. The van der Waals surface area contributed by atoms with Crippen LogP contribution in [0.15, 0.2) is 66.7 Å². The zero-order valence-corrected chi connectivity index (χ0v) is 16.4. The highest BCUT2D eigenvalue weighted by atomic mass is 35.5. The number of amides is 2. The van der Waals surface area contributed by atoms with E-state index in [-0.39, 0.29) is 18.2 Å². The fraction of sp³-hybridized carbons (Fsp3) is 0.0909. The summed E-state index contributed by atoms with van der Waals surface area (Å²) >= 11 is 5.93. The first-order chi connectivity index (χ1) is 14.6. The van der Waals surface area contributed by atoms with E-state index in [0.29, 0.717) is 22.5 Å². The zero-order valence-electron chi connectivity index (χ0n) is 15.7. The lowest BCUT2D eigenvalue weighted by molar-refractivity contribution is -0.123. The summed E-state index contributed by atoms with van der Waals surface area (Å²) in [6, 6.07) is 19.8. The molecular weight excluding hydrogens is 402 g/mol. The summed E-state index contributed by atoms with van der Waals surface area (Å²) in [5, 5.41) is 12.6. The van der Waals surface area contributed by atoms with Crippen LogP contribution in [0, 0.1) is 0 Å². The van der Waals surface area contributed by atoms with E-state index in [1.54, 1.807) is 24.3 Å². The van der Waals surface area contributed by atoms with Crippen LogP contribution in [0.5, 0.6) is 0 Å². The zero-order chi connectivity index (χ0) is 20.7. The van der Waals surface area contributed by atoms with Crippen LogP contribution < -0.4 is 10.6 Å². The van der Waals surface area contributed by atoms with Crippen LogP contribution in [-0.4, -0.2) is 26.6 Å². The van der Waals surface area contributed by atoms with Gasteiger partial charge in [0.25, 0.3) is 5.91 Å². The molecule has 0 saturated carbocycles. The Morgan fingerprint density at radius 2 is 1.83 bits per heavy atom. The number of fused-ring (bicyclic) bond motifs is 2. The summed E-state index contributed by atoms with van der Waals surface area (Å²) in [7, 11) is 0. The van der Waals surface area contributed by atoms with Gasteiger partial charge in [-0.2, -0.15) is 4.98 Å². The molecule has 3 aromatic carbocycles. The molecule has 1 atom stereocenters. The fourth-order valence-electron chi connectivity index (χ4n) is 3.54. The van der Waals surface area contributed by atoms with Crippen molar-refractivity contribution in [2.75, 3.05) is 10.6 Å². The van der Waals surface area contributed by atoms with Crippen LogP contribution in [0.25, 0.3) is 22.2 Å². The molecule has 0 spiro atoms. The van der Waals surface area contributed by atoms with Crippen molar-refractivity contribution in [3.8, 4) is 11.4 Å². The Kier molecular flexibility index (Phi) is 4.44. The third kappa shape index (κ3) is 3.29. The van der Waals surface area contributed by atoms with Crippen LogP contribution in [0.2, 0.25) is 5.02 Å². The molecule has 0 bridgehead atoms. The number of benzene rings is 3. The van der Waals surface area contributed by atoms with Crippen molar-refractivity contribution in [3.05, 3.63) is 71.8 Å². The molecule has 2 heterocycles. The monoisotopic (exact) mass is 417 g/mol. The van der Waals surface area contributed by atoms with Crippen molar-refractivity contribution < 1.29 is 9.59 Å². The molecule has 0 saturated heterocycles. The van der Waals surface area contributed by atoms with Gasteiger partial charge in [0.05, 0.1) is 6.42 Å². The molecule has 1 aromatic heterocycles. The summed E-state index contributed by atoms with van der Waals surface area (Å²) in [6.07, 6.45) is -0.0501. The maximum absolute atomic E-state index is 12.7. The molecule has 4 aromatic rings. The largest absolute Gasteiger partial charge is 0.325 e. The van der Waals surface area contributed by atoms with Crippen molar-refractivity contribution >= 4 is 45.8 Å². The molecule has 1 aliphatic heterocycles. The first-order valence-electron chi connectivity index (χ1n) is 9.39. The summed E-state index contributed by atoms with van der Waals surface area (Å²) < 4.78 is 1.47. The van der Waals surface area contributed by atoms with Gasteiger partial charge in [-0.25, -0.2) is 4.68 Å². The predicted molar refractivity (Wildman–Crippen MR) is 115 cm³/mol. The summed E-state index contributed by atoms with van der Waals surface area (Å²) in [4.78, 5) is 29.5. The summed E-state index contributed by atoms with van der Waals surface area (Å²) in [5.74, 6) is 0.206. The lowest BCUT2D eigenvalue weighted by Crippen LogP contribution is -2.23. The van der Waals surface area contributed by atoms with E-state index in [9.17, 15) is 9.59 Å². The van der Waals surface area contributed by atoms with Crippen molar-refractivity contribution in [1.82, 2.24) is 14.8 Å². The van der Waals surface area contributed by atoms with E-state index in [4.69, 9.17) is 11.6 Å². The number of nitrogens with one attached hydrogen (secondary N) is 2. The number of anilines is 2. The number of rotatable bonds is 4. The lowest BCUT2D eigenvalue weighted by Gasteiger charge is -2.11. The standard InChI is InChI=1S/C22H16ClN5O2/c23-15-10-8-14(9-11-15)20-25-22-26-21(30)18(28(22)27-20)12-19(29)24-17-7-3-5-13-4-1-2-6-16(13)17/h1-11,18H,12H2,(H,24,29)(H,25,26,27,30)/t18-/m1/s1. The van der Waals surface area contributed by atoms with Crippen LogP contribution in [0.4, 0.5) is 11.6 Å². The van der Waals surface area contributed by atoms with E-state index in [0.717, 1.165) is 16.3 Å².